The lowest BCUT2D eigenvalue weighted by Gasteiger charge is -2.15. The Balaban J connectivity index is 1.72. The van der Waals surface area contributed by atoms with Gasteiger partial charge in [0.05, 0.1) is 12.2 Å². The van der Waals surface area contributed by atoms with Crippen molar-refractivity contribution in [2.75, 3.05) is 28.2 Å². The average Bonchev–Trinajstić information content (AvgIpc) is 2.99. The lowest BCUT2D eigenvalue weighted by molar-refractivity contribution is -0.137. The highest BCUT2D eigenvalue weighted by Crippen LogP contribution is 2.34. The highest BCUT2D eigenvalue weighted by molar-refractivity contribution is 7.89. The van der Waals surface area contributed by atoms with E-state index in [9.17, 15) is 26.4 Å². The third-order valence-corrected chi connectivity index (χ3v) is 5.09. The number of anilines is 4. The van der Waals surface area contributed by atoms with Crippen LogP contribution in [0.4, 0.5) is 36.3 Å². The number of hydrogen-bond donors (Lipinski definition) is 4. The van der Waals surface area contributed by atoms with Crippen LogP contribution in [0.1, 0.15) is 24.0 Å². The molecule has 30 heavy (non-hydrogen) atoms. The molecule has 1 aromatic heterocycles. The van der Waals surface area contributed by atoms with Gasteiger partial charge in [-0.1, -0.05) is 0 Å². The molecule has 0 saturated carbocycles. The summed E-state index contributed by atoms with van der Waals surface area (Å²) in [5.74, 6) is -0.879. The molecule has 2 aromatic rings. The fourth-order valence-corrected chi connectivity index (χ4v) is 3.46. The summed E-state index contributed by atoms with van der Waals surface area (Å²) < 4.78 is 61.6. The molecule has 0 atom stereocenters. The molecule has 1 aliphatic heterocycles. The van der Waals surface area contributed by atoms with Crippen molar-refractivity contribution in [1.29, 1.82) is 0 Å². The Morgan fingerprint density at radius 1 is 1.23 bits per heavy atom. The van der Waals surface area contributed by atoms with E-state index < -0.39 is 27.6 Å². The number of hydrogen-bond acceptors (Lipinski definition) is 7. The Morgan fingerprint density at radius 3 is 2.70 bits per heavy atom. The molecule has 0 aliphatic carbocycles. The van der Waals surface area contributed by atoms with E-state index in [0.717, 1.165) is 5.56 Å². The highest BCUT2D eigenvalue weighted by Gasteiger charge is 2.35. The number of carbonyl (C=O) groups excluding carboxylic acids is 1. The predicted octanol–water partition coefficient (Wildman–Crippen LogP) is 2.21. The van der Waals surface area contributed by atoms with Gasteiger partial charge < -0.3 is 16.0 Å². The number of nitrogens with two attached hydrogens (primary N) is 1. The molecule has 0 saturated heterocycles. The van der Waals surface area contributed by atoms with Crippen molar-refractivity contribution in [3.63, 3.8) is 0 Å². The number of aromatic nitrogens is 2. The molecule has 1 amide bonds. The summed E-state index contributed by atoms with van der Waals surface area (Å²) in [7, 11) is -3.62. The molecule has 1 aromatic carbocycles. The van der Waals surface area contributed by atoms with Crippen LogP contribution >= 0.6 is 0 Å². The van der Waals surface area contributed by atoms with E-state index in [2.05, 4.69) is 25.9 Å². The van der Waals surface area contributed by atoms with Crippen LogP contribution in [0.3, 0.4) is 0 Å². The first kappa shape index (κ1) is 21.8. The topological polar surface area (TPSA) is 139 Å². The fourth-order valence-electron chi connectivity index (χ4n) is 2.86. The predicted molar refractivity (Wildman–Crippen MR) is 105 cm³/mol. The van der Waals surface area contributed by atoms with E-state index in [1.807, 2.05) is 0 Å². The maximum absolute atomic E-state index is 13.3. The maximum Gasteiger partial charge on any atom is 0.421 e. The van der Waals surface area contributed by atoms with E-state index in [0.29, 0.717) is 17.6 Å². The molecule has 0 unspecified atom stereocenters. The van der Waals surface area contributed by atoms with E-state index in [-0.39, 0.29) is 43.4 Å². The average molecular weight is 444 g/mol. The molecule has 13 heteroatoms. The molecule has 5 N–H and O–H groups in total. The Bertz CT molecular complexity index is 1060. The zero-order valence-electron chi connectivity index (χ0n) is 15.6. The van der Waals surface area contributed by atoms with Gasteiger partial charge in [0.2, 0.25) is 21.9 Å². The molecule has 0 bridgehead atoms. The summed E-state index contributed by atoms with van der Waals surface area (Å²) in [6.07, 6.45) is -3.30. The lowest BCUT2D eigenvalue weighted by Crippen LogP contribution is -2.18. The summed E-state index contributed by atoms with van der Waals surface area (Å²) in [6, 6.07) is 5.01. The van der Waals surface area contributed by atoms with Crippen molar-refractivity contribution in [2.24, 2.45) is 5.14 Å². The number of carbonyl (C=O) groups is 1. The van der Waals surface area contributed by atoms with Gasteiger partial charge in [0.1, 0.15) is 11.4 Å². The first-order valence-electron chi connectivity index (χ1n) is 8.90. The van der Waals surface area contributed by atoms with Crippen LogP contribution in [0.5, 0.6) is 0 Å². The summed E-state index contributed by atoms with van der Waals surface area (Å²) in [5.41, 5.74) is 0.915. The summed E-state index contributed by atoms with van der Waals surface area (Å²) in [4.78, 5) is 19.1. The second-order valence-corrected chi connectivity index (χ2v) is 8.41. The normalized spacial score (nSPS) is 13.7. The minimum absolute atomic E-state index is 0.0627. The number of primary sulfonamides is 1. The molecule has 0 fully saturated rings. The van der Waals surface area contributed by atoms with Gasteiger partial charge in [-0.05, 0) is 36.6 Å². The van der Waals surface area contributed by atoms with Crippen molar-refractivity contribution in [3.05, 3.63) is 35.5 Å². The second kappa shape index (κ2) is 8.44. The van der Waals surface area contributed by atoms with Crippen LogP contribution in [0.25, 0.3) is 0 Å². The maximum atomic E-state index is 13.3. The van der Waals surface area contributed by atoms with Crippen molar-refractivity contribution < 1.29 is 26.4 Å². The quantitative estimate of drug-likeness (QED) is 0.458. The smallest absolute Gasteiger partial charge is 0.369 e. The van der Waals surface area contributed by atoms with Crippen LogP contribution in [0.2, 0.25) is 0 Å². The van der Waals surface area contributed by atoms with Gasteiger partial charge in [-0.15, -0.1) is 0 Å². The van der Waals surface area contributed by atoms with Crippen LogP contribution in [0, 0.1) is 0 Å². The molecule has 0 spiro atoms. The number of amides is 1. The van der Waals surface area contributed by atoms with Gasteiger partial charge in [0, 0.05) is 24.1 Å². The van der Waals surface area contributed by atoms with E-state index in [4.69, 9.17) is 5.14 Å². The van der Waals surface area contributed by atoms with E-state index in [1.54, 1.807) is 18.2 Å². The summed E-state index contributed by atoms with van der Waals surface area (Å²) >= 11 is 0. The van der Waals surface area contributed by atoms with Crippen molar-refractivity contribution in [1.82, 2.24) is 9.97 Å². The number of fused-ring (bicyclic) bond motifs is 1. The third kappa shape index (κ3) is 5.79. The van der Waals surface area contributed by atoms with Crippen molar-refractivity contribution in [3.8, 4) is 0 Å². The highest BCUT2D eigenvalue weighted by atomic mass is 32.2. The molecule has 0 radical (unpaired) electrons. The Labute approximate surface area is 170 Å². The lowest BCUT2D eigenvalue weighted by atomic mass is 10.1. The van der Waals surface area contributed by atoms with Crippen molar-refractivity contribution in [2.45, 2.75) is 25.4 Å². The third-order valence-electron chi connectivity index (χ3n) is 4.23. The SMILES string of the molecule is NS(=O)(=O)CCCCNc1nc(Nc2ccc3c(c2)CC(=O)N3)ncc1C(F)(F)F. The van der Waals surface area contributed by atoms with Gasteiger partial charge in [0.25, 0.3) is 0 Å². The van der Waals surface area contributed by atoms with Gasteiger partial charge in [-0.2, -0.15) is 18.2 Å². The monoisotopic (exact) mass is 444 g/mol. The van der Waals surface area contributed by atoms with Gasteiger partial charge >= 0.3 is 6.18 Å². The number of alkyl halides is 3. The Morgan fingerprint density at radius 2 is 2.00 bits per heavy atom. The fraction of sp³-hybridized carbons (Fsp3) is 0.353. The van der Waals surface area contributed by atoms with E-state index in [1.165, 1.54) is 0 Å². The number of nitrogens with zero attached hydrogens (tertiary/aromatic N) is 2. The van der Waals surface area contributed by atoms with Gasteiger partial charge in [0.15, 0.2) is 0 Å². The zero-order valence-corrected chi connectivity index (χ0v) is 16.4. The number of unbranched alkanes of at least 4 members (excludes halogenated alkanes) is 1. The first-order valence-corrected chi connectivity index (χ1v) is 10.6. The van der Waals surface area contributed by atoms with Crippen LogP contribution in [-0.4, -0.2) is 36.6 Å². The number of benzene rings is 1. The Hall–Kier alpha value is -2.93. The van der Waals surface area contributed by atoms with Crippen LogP contribution < -0.4 is 21.1 Å². The molecule has 162 valence electrons. The number of rotatable bonds is 8. The minimum Gasteiger partial charge on any atom is -0.369 e. The molecular formula is C17H19F3N6O3S. The molecule has 3 rings (SSSR count). The molecule has 2 heterocycles. The number of nitrogens with one attached hydrogen (secondary N) is 3. The van der Waals surface area contributed by atoms with Crippen molar-refractivity contribution >= 4 is 39.1 Å². The summed E-state index contributed by atoms with van der Waals surface area (Å²) in [6.45, 7) is 0.0711. The Kier molecular flexibility index (Phi) is 6.12. The van der Waals surface area contributed by atoms with Crippen LogP contribution in [-0.2, 0) is 27.4 Å². The van der Waals surface area contributed by atoms with Gasteiger partial charge in [-0.3, -0.25) is 4.79 Å². The minimum atomic E-state index is -4.67. The van der Waals surface area contributed by atoms with E-state index >= 15 is 0 Å². The van der Waals surface area contributed by atoms with Crippen LogP contribution in [0.15, 0.2) is 24.4 Å². The van der Waals surface area contributed by atoms with Gasteiger partial charge in [-0.25, -0.2) is 18.5 Å². The molecular weight excluding hydrogens is 425 g/mol. The zero-order chi connectivity index (χ0) is 21.9. The molecule has 9 nitrogen and oxygen atoms in total. The number of halogens is 3. The second-order valence-electron chi connectivity index (χ2n) is 6.68. The number of sulfonamides is 1. The molecule has 1 aliphatic rings. The first-order chi connectivity index (χ1) is 14.0. The largest absolute Gasteiger partial charge is 0.421 e. The summed E-state index contributed by atoms with van der Waals surface area (Å²) in [5, 5.41) is 13.0. The standard InChI is InChI=1S/C17H19F3N6O3S/c18-17(19,20)12-9-23-16(26-15(12)22-5-1-2-6-30(21,28)29)24-11-3-4-13-10(7-11)8-14(27)25-13/h3-4,7,9H,1-2,5-6,8H2,(H,25,27)(H2,21,28,29)(H2,22,23,24,26).